The molecule has 1 saturated heterocycles. The Bertz CT molecular complexity index is 419. The van der Waals surface area contributed by atoms with Crippen LogP contribution in [0.25, 0.3) is 0 Å². The van der Waals surface area contributed by atoms with Gasteiger partial charge in [-0.2, -0.15) is 0 Å². The number of hydrogen-bond acceptors (Lipinski definition) is 3. The molecule has 84 valence electrons. The third-order valence-electron chi connectivity index (χ3n) is 2.10. The summed E-state index contributed by atoms with van der Waals surface area (Å²) in [7, 11) is 0. The Morgan fingerprint density at radius 1 is 1.38 bits per heavy atom. The molecule has 1 aliphatic rings. The minimum Gasteiger partial charge on any atom is -0.446 e. The van der Waals surface area contributed by atoms with Gasteiger partial charge in [-0.1, -0.05) is 15.9 Å². The summed E-state index contributed by atoms with van der Waals surface area (Å²) in [6.45, 7) is 0.681. The molecule has 0 unspecified atom stereocenters. The maximum absolute atomic E-state index is 11.7. The Morgan fingerprint density at radius 3 is 2.62 bits per heavy atom. The summed E-state index contributed by atoms with van der Waals surface area (Å²) < 4.78 is 5.58. The molecule has 1 N–H and O–H groups in total. The summed E-state index contributed by atoms with van der Waals surface area (Å²) in [5.41, 5.74) is 2.96. The molecule has 0 spiro atoms. The number of hydrazine groups is 1. The van der Waals surface area contributed by atoms with Crippen LogP contribution < -0.4 is 5.43 Å². The Hall–Kier alpha value is -1.56. The van der Waals surface area contributed by atoms with Crippen LogP contribution in [0.2, 0.25) is 0 Å². The number of nitrogens with one attached hydrogen (secondary N) is 1. The van der Waals surface area contributed by atoms with Gasteiger partial charge in [-0.15, -0.1) is 0 Å². The van der Waals surface area contributed by atoms with E-state index < -0.39 is 6.09 Å². The summed E-state index contributed by atoms with van der Waals surface area (Å²) >= 11 is 3.28. The molecule has 1 aliphatic heterocycles. The molecule has 0 bridgehead atoms. The van der Waals surface area contributed by atoms with Crippen molar-refractivity contribution in [2.24, 2.45) is 0 Å². The summed E-state index contributed by atoms with van der Waals surface area (Å²) in [5, 5.41) is 1.16. The average Bonchev–Trinajstić information content (AvgIpc) is 2.65. The number of carbonyl (C=O) groups is 2. The van der Waals surface area contributed by atoms with E-state index in [1.807, 2.05) is 0 Å². The number of nitrogens with zero attached hydrogens (tertiary/aromatic N) is 1. The van der Waals surface area contributed by atoms with Crippen LogP contribution in [-0.2, 0) is 4.74 Å². The zero-order valence-corrected chi connectivity index (χ0v) is 9.86. The molecule has 16 heavy (non-hydrogen) atoms. The molecule has 1 aromatic carbocycles. The molecule has 1 aromatic rings. The van der Waals surface area contributed by atoms with Crippen molar-refractivity contribution in [3.63, 3.8) is 0 Å². The van der Waals surface area contributed by atoms with Gasteiger partial charge >= 0.3 is 6.09 Å². The first-order chi connectivity index (χ1) is 7.66. The fourth-order valence-corrected chi connectivity index (χ4v) is 1.55. The number of hydrogen-bond donors (Lipinski definition) is 1. The van der Waals surface area contributed by atoms with Crippen LogP contribution in [0.15, 0.2) is 28.7 Å². The lowest BCUT2D eigenvalue weighted by Crippen LogP contribution is -2.42. The molecule has 6 heteroatoms. The smallest absolute Gasteiger partial charge is 0.428 e. The average molecular weight is 285 g/mol. The van der Waals surface area contributed by atoms with E-state index in [0.29, 0.717) is 18.7 Å². The van der Waals surface area contributed by atoms with Gasteiger partial charge in [0.1, 0.15) is 6.61 Å². The van der Waals surface area contributed by atoms with Gasteiger partial charge in [0.15, 0.2) is 0 Å². The highest BCUT2D eigenvalue weighted by molar-refractivity contribution is 9.10. The lowest BCUT2D eigenvalue weighted by molar-refractivity contribution is 0.0831. The van der Waals surface area contributed by atoms with Crippen molar-refractivity contribution in [2.75, 3.05) is 13.2 Å². The lowest BCUT2D eigenvalue weighted by Gasteiger charge is -2.13. The molecule has 0 aromatic heterocycles. The van der Waals surface area contributed by atoms with Crippen molar-refractivity contribution in [1.82, 2.24) is 10.4 Å². The van der Waals surface area contributed by atoms with E-state index in [1.165, 1.54) is 0 Å². The fraction of sp³-hybridized carbons (Fsp3) is 0.200. The summed E-state index contributed by atoms with van der Waals surface area (Å²) in [5.74, 6) is -0.327. The quantitative estimate of drug-likeness (QED) is 0.896. The highest BCUT2D eigenvalue weighted by Crippen LogP contribution is 2.10. The first-order valence-electron chi connectivity index (χ1n) is 4.67. The van der Waals surface area contributed by atoms with Crippen LogP contribution in [0.5, 0.6) is 0 Å². The summed E-state index contributed by atoms with van der Waals surface area (Å²) in [4.78, 5) is 22.8. The minimum atomic E-state index is -0.523. The molecular formula is C10H9BrN2O3. The van der Waals surface area contributed by atoms with Crippen LogP contribution in [0, 0.1) is 0 Å². The van der Waals surface area contributed by atoms with Gasteiger partial charge in [0.25, 0.3) is 5.91 Å². The molecule has 2 rings (SSSR count). The van der Waals surface area contributed by atoms with Crippen LogP contribution in [0.4, 0.5) is 4.79 Å². The molecular weight excluding hydrogens is 276 g/mol. The van der Waals surface area contributed by atoms with Gasteiger partial charge in [0.05, 0.1) is 6.54 Å². The van der Waals surface area contributed by atoms with Crippen LogP contribution in [0.1, 0.15) is 10.4 Å². The first-order valence-corrected chi connectivity index (χ1v) is 5.47. The fourth-order valence-electron chi connectivity index (χ4n) is 1.28. The minimum absolute atomic E-state index is 0.305. The first kappa shape index (κ1) is 10.9. The van der Waals surface area contributed by atoms with E-state index in [-0.39, 0.29) is 5.91 Å². The van der Waals surface area contributed by atoms with Crippen LogP contribution in [0.3, 0.4) is 0 Å². The SMILES string of the molecule is O=C(NN1CCOC1=O)c1ccc(Br)cc1. The lowest BCUT2D eigenvalue weighted by atomic mass is 10.2. The number of rotatable bonds is 2. The summed E-state index contributed by atoms with van der Waals surface area (Å²) in [6, 6.07) is 6.86. The van der Waals surface area contributed by atoms with Gasteiger partial charge < -0.3 is 4.74 Å². The standard InChI is InChI=1S/C10H9BrN2O3/c11-8-3-1-7(2-4-8)9(14)12-13-5-6-16-10(13)15/h1-4H,5-6H2,(H,12,14). The highest BCUT2D eigenvalue weighted by atomic mass is 79.9. The third kappa shape index (κ3) is 2.33. The largest absolute Gasteiger partial charge is 0.446 e. The van der Waals surface area contributed by atoms with E-state index >= 15 is 0 Å². The van der Waals surface area contributed by atoms with Gasteiger partial charge in [-0.05, 0) is 24.3 Å². The Kier molecular flexibility index (Phi) is 3.09. The Balaban J connectivity index is 2.02. The second-order valence-corrected chi connectivity index (χ2v) is 4.13. The molecule has 2 amide bonds. The second-order valence-electron chi connectivity index (χ2n) is 3.21. The molecule has 0 radical (unpaired) electrons. The monoisotopic (exact) mass is 284 g/mol. The Morgan fingerprint density at radius 2 is 2.06 bits per heavy atom. The molecule has 1 fully saturated rings. The predicted molar refractivity (Wildman–Crippen MR) is 59.7 cm³/mol. The highest BCUT2D eigenvalue weighted by Gasteiger charge is 2.23. The molecule has 5 nitrogen and oxygen atoms in total. The summed E-state index contributed by atoms with van der Waals surface area (Å²) in [6.07, 6.45) is -0.523. The number of cyclic esters (lactones) is 1. The van der Waals surface area contributed by atoms with E-state index in [1.54, 1.807) is 24.3 Å². The van der Waals surface area contributed by atoms with Gasteiger partial charge in [0.2, 0.25) is 0 Å². The predicted octanol–water partition coefficient (Wildman–Crippen LogP) is 1.55. The molecule has 0 atom stereocenters. The van der Waals surface area contributed by atoms with Gasteiger partial charge in [-0.25, -0.2) is 9.80 Å². The number of benzene rings is 1. The van der Waals surface area contributed by atoms with E-state index in [0.717, 1.165) is 9.48 Å². The third-order valence-corrected chi connectivity index (χ3v) is 2.63. The number of halogens is 1. The maximum Gasteiger partial charge on any atom is 0.428 e. The maximum atomic E-state index is 11.7. The van der Waals surface area contributed by atoms with Crippen molar-refractivity contribution in [3.05, 3.63) is 34.3 Å². The zero-order chi connectivity index (χ0) is 11.5. The normalized spacial score (nSPS) is 14.8. The van der Waals surface area contributed by atoms with E-state index in [4.69, 9.17) is 0 Å². The van der Waals surface area contributed by atoms with Crippen molar-refractivity contribution < 1.29 is 14.3 Å². The van der Waals surface area contributed by atoms with Crippen molar-refractivity contribution in [2.45, 2.75) is 0 Å². The molecule has 0 aliphatic carbocycles. The van der Waals surface area contributed by atoms with Gasteiger partial charge in [0, 0.05) is 10.0 Å². The van der Waals surface area contributed by atoms with Crippen molar-refractivity contribution >= 4 is 27.9 Å². The Labute approximate surface area is 100 Å². The second kappa shape index (κ2) is 4.52. The topological polar surface area (TPSA) is 58.6 Å². The van der Waals surface area contributed by atoms with Crippen molar-refractivity contribution in [3.8, 4) is 0 Å². The van der Waals surface area contributed by atoms with E-state index in [9.17, 15) is 9.59 Å². The molecule has 0 saturated carbocycles. The number of amides is 2. The zero-order valence-electron chi connectivity index (χ0n) is 8.27. The molecule has 1 heterocycles. The van der Waals surface area contributed by atoms with Crippen LogP contribution >= 0.6 is 15.9 Å². The number of ether oxygens (including phenoxy) is 1. The van der Waals surface area contributed by atoms with E-state index in [2.05, 4.69) is 26.1 Å². The van der Waals surface area contributed by atoms with Crippen LogP contribution in [-0.4, -0.2) is 30.2 Å². The van der Waals surface area contributed by atoms with Crippen molar-refractivity contribution in [1.29, 1.82) is 0 Å². The number of carbonyl (C=O) groups excluding carboxylic acids is 2. The van der Waals surface area contributed by atoms with Gasteiger partial charge in [-0.3, -0.25) is 10.2 Å².